The summed E-state index contributed by atoms with van der Waals surface area (Å²) in [6.45, 7) is 3.15. The van der Waals surface area contributed by atoms with Gasteiger partial charge in [-0.25, -0.2) is 9.50 Å². The molecular formula is C20H27N7O. The van der Waals surface area contributed by atoms with E-state index in [2.05, 4.69) is 31.2 Å². The van der Waals surface area contributed by atoms with E-state index in [1.165, 1.54) is 12.8 Å². The lowest BCUT2D eigenvalue weighted by atomic mass is 9.79. The standard InChI is InChI=1S/C20H27N7O/c21-19(28)15-6-9-26(10-7-15)11-13-1-3-14(4-2-13)17-18-16-5-8-22-20(16)23-12-27(18)25-24-17/h5,8,12-15,22H,1-4,6-7,9-11H2,(H2,21,28). The number of nitrogens with one attached hydrogen (secondary N) is 1. The summed E-state index contributed by atoms with van der Waals surface area (Å²) in [5.41, 5.74) is 8.56. The highest BCUT2D eigenvalue weighted by Crippen LogP contribution is 2.38. The van der Waals surface area contributed by atoms with Gasteiger partial charge in [-0.1, -0.05) is 5.21 Å². The van der Waals surface area contributed by atoms with Gasteiger partial charge < -0.3 is 15.6 Å². The molecule has 3 N–H and O–H groups in total. The van der Waals surface area contributed by atoms with Crippen LogP contribution in [0.3, 0.4) is 0 Å². The van der Waals surface area contributed by atoms with Gasteiger partial charge in [0.25, 0.3) is 0 Å². The number of H-pyrrole nitrogens is 1. The molecule has 148 valence electrons. The molecule has 2 fully saturated rings. The molecule has 8 nitrogen and oxygen atoms in total. The van der Waals surface area contributed by atoms with Crippen LogP contribution in [-0.2, 0) is 4.79 Å². The maximum atomic E-state index is 11.3. The third-order valence-electron chi connectivity index (χ3n) is 6.74. The van der Waals surface area contributed by atoms with Crippen molar-refractivity contribution in [3.8, 4) is 0 Å². The zero-order valence-electron chi connectivity index (χ0n) is 16.0. The van der Waals surface area contributed by atoms with Crippen molar-refractivity contribution in [2.75, 3.05) is 19.6 Å². The third kappa shape index (κ3) is 3.15. The summed E-state index contributed by atoms with van der Waals surface area (Å²) in [4.78, 5) is 21.4. The first-order valence-corrected chi connectivity index (χ1v) is 10.4. The van der Waals surface area contributed by atoms with Crippen molar-refractivity contribution in [3.63, 3.8) is 0 Å². The Morgan fingerprint density at radius 1 is 1.18 bits per heavy atom. The molecule has 1 aliphatic carbocycles. The maximum Gasteiger partial charge on any atom is 0.220 e. The maximum absolute atomic E-state index is 11.3. The van der Waals surface area contributed by atoms with Crippen molar-refractivity contribution < 1.29 is 4.79 Å². The monoisotopic (exact) mass is 381 g/mol. The fourth-order valence-electron chi connectivity index (χ4n) is 5.08. The SMILES string of the molecule is NC(=O)C1CCN(CC2CCC(c3nnn4cnc5[nH]ccc5c34)CC2)CC1. The number of nitrogens with zero attached hydrogens (tertiary/aromatic N) is 5. The number of aromatic nitrogens is 5. The van der Waals surface area contributed by atoms with Crippen LogP contribution in [0.25, 0.3) is 16.6 Å². The minimum atomic E-state index is -0.132. The molecule has 0 spiro atoms. The number of primary amides is 1. The number of carbonyl (C=O) groups is 1. The van der Waals surface area contributed by atoms with Crippen molar-refractivity contribution in [1.82, 2.24) is 29.7 Å². The van der Waals surface area contributed by atoms with Gasteiger partial charge in [0.05, 0.1) is 5.69 Å². The zero-order chi connectivity index (χ0) is 19.1. The summed E-state index contributed by atoms with van der Waals surface area (Å²) in [6.07, 6.45) is 10.3. The first kappa shape index (κ1) is 17.6. The number of piperidine rings is 1. The Morgan fingerprint density at radius 2 is 1.96 bits per heavy atom. The predicted molar refractivity (Wildman–Crippen MR) is 106 cm³/mol. The lowest BCUT2D eigenvalue weighted by Crippen LogP contribution is -2.41. The van der Waals surface area contributed by atoms with Gasteiger partial charge in [0.15, 0.2) is 0 Å². The molecule has 0 atom stereocenters. The molecule has 4 heterocycles. The second kappa shape index (κ2) is 7.16. The molecule has 1 amide bonds. The lowest BCUT2D eigenvalue weighted by molar-refractivity contribution is -0.123. The van der Waals surface area contributed by atoms with E-state index in [0.717, 1.165) is 73.5 Å². The Kier molecular flexibility index (Phi) is 4.50. The summed E-state index contributed by atoms with van der Waals surface area (Å²) in [5, 5.41) is 9.92. The van der Waals surface area contributed by atoms with Gasteiger partial charge in [0.2, 0.25) is 5.91 Å². The molecule has 1 saturated carbocycles. The fraction of sp³-hybridized carbons (Fsp3) is 0.600. The van der Waals surface area contributed by atoms with Gasteiger partial charge in [-0.2, -0.15) is 0 Å². The summed E-state index contributed by atoms with van der Waals surface area (Å²) < 4.78 is 1.81. The highest BCUT2D eigenvalue weighted by atomic mass is 16.1. The molecule has 5 rings (SSSR count). The summed E-state index contributed by atoms with van der Waals surface area (Å²) in [6, 6.07) is 2.06. The van der Waals surface area contributed by atoms with E-state index in [4.69, 9.17) is 5.73 Å². The number of hydrogen-bond donors (Lipinski definition) is 2. The zero-order valence-corrected chi connectivity index (χ0v) is 16.0. The number of likely N-dealkylation sites (tertiary alicyclic amines) is 1. The number of nitrogens with two attached hydrogens (primary N) is 1. The molecule has 3 aromatic heterocycles. The van der Waals surface area contributed by atoms with Gasteiger partial charge in [-0.15, -0.1) is 5.10 Å². The van der Waals surface area contributed by atoms with Crippen LogP contribution in [0.15, 0.2) is 18.6 Å². The number of carbonyl (C=O) groups excluding carboxylic acids is 1. The normalized spacial score (nSPS) is 24.9. The Hall–Kier alpha value is -2.48. The van der Waals surface area contributed by atoms with Crippen molar-refractivity contribution in [2.24, 2.45) is 17.6 Å². The number of hydrogen-bond acceptors (Lipinski definition) is 5. The van der Waals surface area contributed by atoms with E-state index in [1.807, 2.05) is 6.20 Å². The Bertz CT molecular complexity index is 977. The molecule has 8 heteroatoms. The van der Waals surface area contributed by atoms with Crippen molar-refractivity contribution in [3.05, 3.63) is 24.3 Å². The largest absolute Gasteiger partial charge is 0.369 e. The van der Waals surface area contributed by atoms with Gasteiger partial charge >= 0.3 is 0 Å². The summed E-state index contributed by atoms with van der Waals surface area (Å²) in [7, 11) is 0. The summed E-state index contributed by atoms with van der Waals surface area (Å²) >= 11 is 0. The molecule has 2 aliphatic rings. The van der Waals surface area contributed by atoms with Crippen LogP contribution in [0, 0.1) is 11.8 Å². The van der Waals surface area contributed by atoms with Crippen molar-refractivity contribution >= 4 is 22.5 Å². The number of rotatable bonds is 4. The average Bonchev–Trinajstić information content (AvgIpc) is 3.35. The average molecular weight is 381 g/mol. The Morgan fingerprint density at radius 3 is 2.71 bits per heavy atom. The van der Waals surface area contributed by atoms with Crippen LogP contribution in [-0.4, -0.2) is 55.2 Å². The first-order chi connectivity index (χ1) is 13.7. The number of fused-ring (bicyclic) bond motifs is 3. The Balaban J connectivity index is 1.23. The van der Waals surface area contributed by atoms with Gasteiger partial charge in [0.1, 0.15) is 17.5 Å². The van der Waals surface area contributed by atoms with Gasteiger partial charge in [-0.3, -0.25) is 4.79 Å². The number of amides is 1. The summed E-state index contributed by atoms with van der Waals surface area (Å²) in [5.74, 6) is 1.15. The van der Waals surface area contributed by atoms with E-state index in [-0.39, 0.29) is 11.8 Å². The first-order valence-electron chi connectivity index (χ1n) is 10.4. The molecular weight excluding hydrogens is 354 g/mol. The quantitative estimate of drug-likeness (QED) is 0.720. The predicted octanol–water partition coefficient (Wildman–Crippen LogP) is 2.08. The van der Waals surface area contributed by atoms with Crippen LogP contribution >= 0.6 is 0 Å². The Labute approximate surface area is 163 Å². The van der Waals surface area contributed by atoms with Crippen LogP contribution in [0.1, 0.15) is 50.1 Å². The fourth-order valence-corrected chi connectivity index (χ4v) is 5.08. The van der Waals surface area contributed by atoms with Crippen LogP contribution < -0.4 is 5.73 Å². The smallest absolute Gasteiger partial charge is 0.220 e. The van der Waals surface area contributed by atoms with E-state index in [1.54, 1.807) is 10.8 Å². The molecule has 0 aromatic carbocycles. The minimum absolute atomic E-state index is 0.0773. The second-order valence-electron chi connectivity index (χ2n) is 8.45. The molecule has 0 radical (unpaired) electrons. The van der Waals surface area contributed by atoms with Crippen LogP contribution in [0.2, 0.25) is 0 Å². The molecule has 1 aliphatic heterocycles. The molecule has 28 heavy (non-hydrogen) atoms. The van der Waals surface area contributed by atoms with E-state index >= 15 is 0 Å². The molecule has 0 bridgehead atoms. The van der Waals surface area contributed by atoms with Crippen molar-refractivity contribution in [2.45, 2.75) is 44.4 Å². The topological polar surface area (TPSA) is 105 Å². The molecule has 1 saturated heterocycles. The van der Waals surface area contributed by atoms with Gasteiger partial charge in [-0.05, 0) is 63.6 Å². The van der Waals surface area contributed by atoms with E-state index in [9.17, 15) is 4.79 Å². The highest BCUT2D eigenvalue weighted by Gasteiger charge is 2.29. The minimum Gasteiger partial charge on any atom is -0.369 e. The third-order valence-corrected chi connectivity index (χ3v) is 6.74. The van der Waals surface area contributed by atoms with Crippen LogP contribution in [0.5, 0.6) is 0 Å². The van der Waals surface area contributed by atoms with Crippen LogP contribution in [0.4, 0.5) is 0 Å². The van der Waals surface area contributed by atoms with Gasteiger partial charge in [0, 0.05) is 30.0 Å². The molecule has 3 aromatic rings. The lowest BCUT2D eigenvalue weighted by Gasteiger charge is -2.35. The number of aromatic amines is 1. The highest BCUT2D eigenvalue weighted by molar-refractivity contribution is 5.92. The second-order valence-corrected chi connectivity index (χ2v) is 8.45. The van der Waals surface area contributed by atoms with Crippen molar-refractivity contribution in [1.29, 1.82) is 0 Å². The van der Waals surface area contributed by atoms with E-state index < -0.39 is 0 Å². The van der Waals surface area contributed by atoms with E-state index in [0.29, 0.717) is 5.92 Å². The molecule has 0 unspecified atom stereocenters.